The second-order valence-corrected chi connectivity index (χ2v) is 7.32. The van der Waals surface area contributed by atoms with Gasteiger partial charge in [-0.15, -0.1) is 5.11 Å². The highest BCUT2D eigenvalue weighted by atomic mass is 32.2. The SMILES string of the molecule is CCC/C(O)=C(/N=Nc1ccc(S(=O)(=O)Nc2ncccn2)cc1)C(=O)OCC. The first-order chi connectivity index (χ1) is 13.9. The van der Waals surface area contributed by atoms with Crippen LogP contribution in [0.2, 0.25) is 0 Å². The number of azo groups is 1. The quantitative estimate of drug-likeness (QED) is 0.274. The molecule has 0 aliphatic carbocycles. The van der Waals surface area contributed by atoms with Crippen LogP contribution in [0.4, 0.5) is 11.6 Å². The smallest absolute Gasteiger partial charge is 0.362 e. The Hall–Kier alpha value is -3.34. The standard InChI is InChI=1S/C18H21N5O5S/c1-3-6-15(24)16(17(25)28-4-2)22-21-13-7-9-14(10-8-13)29(26,27)23-18-19-11-5-12-20-18/h5,7-12,24H,3-4,6H2,1-2H3,(H,19,20,23)/b16-15-,22-21?. The van der Waals surface area contributed by atoms with Gasteiger partial charge < -0.3 is 9.84 Å². The molecule has 10 nitrogen and oxygen atoms in total. The van der Waals surface area contributed by atoms with Gasteiger partial charge in [-0.2, -0.15) is 5.11 Å². The maximum absolute atomic E-state index is 12.4. The minimum absolute atomic E-state index is 0.0288. The molecule has 0 saturated heterocycles. The van der Waals surface area contributed by atoms with Crippen LogP contribution in [0.3, 0.4) is 0 Å². The number of carbonyl (C=O) groups is 1. The van der Waals surface area contributed by atoms with Crippen molar-refractivity contribution in [2.45, 2.75) is 31.6 Å². The molecule has 0 aliphatic heterocycles. The van der Waals surface area contributed by atoms with Crippen LogP contribution in [-0.2, 0) is 19.6 Å². The Labute approximate surface area is 168 Å². The minimum atomic E-state index is -3.87. The molecule has 0 atom stereocenters. The molecule has 2 N–H and O–H groups in total. The van der Waals surface area contributed by atoms with Gasteiger partial charge in [0.05, 0.1) is 17.2 Å². The van der Waals surface area contributed by atoms with Gasteiger partial charge in [0.15, 0.2) is 0 Å². The van der Waals surface area contributed by atoms with Gasteiger partial charge in [-0.25, -0.2) is 27.9 Å². The van der Waals surface area contributed by atoms with Gasteiger partial charge in [-0.1, -0.05) is 6.92 Å². The Morgan fingerprint density at radius 2 is 1.83 bits per heavy atom. The number of benzene rings is 1. The van der Waals surface area contributed by atoms with Crippen LogP contribution in [0.25, 0.3) is 0 Å². The lowest BCUT2D eigenvalue weighted by Crippen LogP contribution is -2.14. The number of rotatable bonds is 9. The summed E-state index contributed by atoms with van der Waals surface area (Å²) in [5.41, 5.74) is -0.000649. The summed E-state index contributed by atoms with van der Waals surface area (Å²) in [5.74, 6) is -1.05. The molecule has 0 bridgehead atoms. The van der Waals surface area contributed by atoms with Gasteiger partial charge in [0, 0.05) is 18.8 Å². The highest BCUT2D eigenvalue weighted by Gasteiger charge is 2.17. The number of anilines is 1. The lowest BCUT2D eigenvalue weighted by atomic mass is 10.2. The number of aliphatic hydroxyl groups excluding tert-OH is 1. The Kier molecular flexibility index (Phi) is 7.78. The molecule has 2 rings (SSSR count). The molecule has 1 aromatic carbocycles. The number of esters is 1. The molecule has 0 spiro atoms. The van der Waals surface area contributed by atoms with Crippen LogP contribution in [0.1, 0.15) is 26.7 Å². The van der Waals surface area contributed by atoms with Crippen molar-refractivity contribution < 1.29 is 23.1 Å². The van der Waals surface area contributed by atoms with E-state index in [0.717, 1.165) is 0 Å². The van der Waals surface area contributed by atoms with Gasteiger partial charge in [0.2, 0.25) is 11.6 Å². The number of ether oxygens (including phenoxy) is 1. The predicted octanol–water partition coefficient (Wildman–Crippen LogP) is 3.49. The molecule has 0 amide bonds. The zero-order valence-electron chi connectivity index (χ0n) is 15.9. The van der Waals surface area contributed by atoms with Crippen molar-refractivity contribution in [2.75, 3.05) is 11.3 Å². The number of aromatic nitrogens is 2. The second kappa shape index (κ2) is 10.3. The highest BCUT2D eigenvalue weighted by Crippen LogP contribution is 2.20. The summed E-state index contributed by atoms with van der Waals surface area (Å²) in [6, 6.07) is 7.01. The number of sulfonamides is 1. The first kappa shape index (κ1) is 22.0. The predicted molar refractivity (Wildman–Crippen MR) is 105 cm³/mol. The number of carbonyl (C=O) groups excluding carboxylic acids is 1. The normalized spacial score (nSPS) is 12.5. The van der Waals surface area contributed by atoms with Crippen molar-refractivity contribution in [2.24, 2.45) is 10.2 Å². The van der Waals surface area contributed by atoms with Crippen LogP contribution in [0, 0.1) is 0 Å². The summed E-state index contributed by atoms with van der Waals surface area (Å²) < 4.78 is 31.8. The summed E-state index contributed by atoms with van der Waals surface area (Å²) >= 11 is 0. The number of allylic oxidation sites excluding steroid dienone is 1. The molecule has 1 aromatic heterocycles. The van der Waals surface area contributed by atoms with E-state index in [1.165, 1.54) is 36.7 Å². The van der Waals surface area contributed by atoms with E-state index in [-0.39, 0.29) is 41.0 Å². The van der Waals surface area contributed by atoms with E-state index in [9.17, 15) is 18.3 Å². The van der Waals surface area contributed by atoms with Gasteiger partial charge in [0.25, 0.3) is 10.0 Å². The summed E-state index contributed by atoms with van der Waals surface area (Å²) in [7, 11) is -3.87. The first-order valence-corrected chi connectivity index (χ1v) is 10.3. The molecular weight excluding hydrogens is 398 g/mol. The van der Waals surface area contributed by atoms with Gasteiger partial charge in [0.1, 0.15) is 5.76 Å². The number of hydrogen-bond acceptors (Lipinski definition) is 9. The third-order valence-electron chi connectivity index (χ3n) is 3.43. The summed E-state index contributed by atoms with van der Waals surface area (Å²) in [4.78, 5) is 19.5. The summed E-state index contributed by atoms with van der Waals surface area (Å²) in [6.45, 7) is 3.60. The fourth-order valence-corrected chi connectivity index (χ4v) is 3.06. The van der Waals surface area contributed by atoms with E-state index in [2.05, 4.69) is 24.9 Å². The Balaban J connectivity index is 2.20. The molecule has 0 saturated carbocycles. The second-order valence-electron chi connectivity index (χ2n) is 5.64. The number of nitrogens with zero attached hydrogens (tertiary/aromatic N) is 4. The van der Waals surface area contributed by atoms with E-state index in [1.807, 2.05) is 6.92 Å². The van der Waals surface area contributed by atoms with Crippen LogP contribution < -0.4 is 4.72 Å². The zero-order chi connectivity index (χ0) is 21.3. The molecule has 11 heteroatoms. The minimum Gasteiger partial charge on any atom is -0.510 e. The highest BCUT2D eigenvalue weighted by molar-refractivity contribution is 7.92. The van der Waals surface area contributed by atoms with E-state index in [1.54, 1.807) is 13.0 Å². The van der Waals surface area contributed by atoms with E-state index >= 15 is 0 Å². The average molecular weight is 419 g/mol. The van der Waals surface area contributed by atoms with Gasteiger partial charge >= 0.3 is 5.97 Å². The molecular formula is C18H21N5O5S. The molecule has 1 heterocycles. The largest absolute Gasteiger partial charge is 0.510 e. The third kappa shape index (κ3) is 6.35. The van der Waals surface area contributed by atoms with Crippen LogP contribution >= 0.6 is 0 Å². The lowest BCUT2D eigenvalue weighted by Gasteiger charge is -2.06. The summed E-state index contributed by atoms with van der Waals surface area (Å²) in [5, 5.41) is 17.7. The maximum Gasteiger partial charge on any atom is 0.362 e. The van der Waals surface area contributed by atoms with Crippen molar-refractivity contribution in [3.63, 3.8) is 0 Å². The van der Waals surface area contributed by atoms with Crippen molar-refractivity contribution in [1.29, 1.82) is 0 Å². The molecule has 0 radical (unpaired) electrons. The van der Waals surface area contributed by atoms with E-state index in [4.69, 9.17) is 4.74 Å². The Bertz CT molecular complexity index is 989. The molecule has 29 heavy (non-hydrogen) atoms. The fourth-order valence-electron chi connectivity index (χ4n) is 2.10. The lowest BCUT2D eigenvalue weighted by molar-refractivity contribution is -0.138. The van der Waals surface area contributed by atoms with Crippen LogP contribution in [0.5, 0.6) is 0 Å². The fraction of sp³-hybridized carbons (Fsp3) is 0.278. The molecule has 2 aromatic rings. The molecule has 0 unspecified atom stereocenters. The van der Waals surface area contributed by atoms with Crippen molar-refractivity contribution in [3.8, 4) is 0 Å². The monoisotopic (exact) mass is 419 g/mol. The number of hydrogen-bond donors (Lipinski definition) is 2. The van der Waals surface area contributed by atoms with Crippen molar-refractivity contribution >= 4 is 27.6 Å². The number of aliphatic hydroxyl groups is 1. The Morgan fingerprint density at radius 3 is 2.41 bits per heavy atom. The molecule has 0 aliphatic rings. The average Bonchev–Trinajstić information content (AvgIpc) is 2.69. The van der Waals surface area contributed by atoms with Crippen LogP contribution in [-0.4, -0.2) is 36.1 Å². The molecule has 0 fully saturated rings. The van der Waals surface area contributed by atoms with Gasteiger partial charge in [-0.3, -0.25) is 0 Å². The van der Waals surface area contributed by atoms with Gasteiger partial charge in [-0.05, 0) is 43.7 Å². The van der Waals surface area contributed by atoms with Crippen molar-refractivity contribution in [3.05, 3.63) is 54.2 Å². The van der Waals surface area contributed by atoms with Crippen molar-refractivity contribution in [1.82, 2.24) is 9.97 Å². The Morgan fingerprint density at radius 1 is 1.17 bits per heavy atom. The maximum atomic E-state index is 12.4. The number of nitrogens with one attached hydrogen (secondary N) is 1. The van der Waals surface area contributed by atoms with Crippen LogP contribution in [0.15, 0.2) is 69.3 Å². The zero-order valence-corrected chi connectivity index (χ0v) is 16.8. The van der Waals surface area contributed by atoms with E-state index in [0.29, 0.717) is 6.42 Å². The summed E-state index contributed by atoms with van der Waals surface area (Å²) in [6.07, 6.45) is 3.68. The molecule has 154 valence electrons. The topological polar surface area (TPSA) is 143 Å². The van der Waals surface area contributed by atoms with E-state index < -0.39 is 16.0 Å². The first-order valence-electron chi connectivity index (χ1n) is 8.78. The third-order valence-corrected chi connectivity index (χ3v) is 4.78.